The highest BCUT2D eigenvalue weighted by Crippen LogP contribution is 2.35. The molecule has 2 rings (SSSR count). The maximum atomic E-state index is 11.6. The number of benzene rings is 1. The molecule has 0 aliphatic carbocycles. The molecule has 0 saturated heterocycles. The summed E-state index contributed by atoms with van der Waals surface area (Å²) in [5, 5.41) is 1.89. The number of halogens is 1. The maximum Gasteiger partial charge on any atom is 0.329 e. The van der Waals surface area contributed by atoms with Crippen molar-refractivity contribution in [1.82, 2.24) is 0 Å². The Morgan fingerprint density at radius 1 is 1.47 bits per heavy atom. The van der Waals surface area contributed by atoms with Gasteiger partial charge in [0.15, 0.2) is 5.25 Å². The highest BCUT2D eigenvalue weighted by Gasteiger charge is 2.33. The van der Waals surface area contributed by atoms with Crippen LogP contribution in [-0.4, -0.2) is 23.7 Å². The summed E-state index contributed by atoms with van der Waals surface area (Å²) in [5.74, 6) is -0.804. The number of rotatable bonds is 2. The lowest BCUT2D eigenvalue weighted by atomic mass is 10.3. The molecular weight excluding hydrogens is 262 g/mol. The second-order valence-electron chi connectivity index (χ2n) is 3.24. The Bertz CT molecular complexity index is 438. The Morgan fingerprint density at radius 3 is 2.88 bits per heavy atom. The normalized spacial score (nSPS) is 17.5. The van der Waals surface area contributed by atoms with E-state index in [9.17, 15) is 9.59 Å². The fraction of sp³-hybridized carbons (Fsp3) is 0.273. The molecule has 1 aliphatic rings. The number of hydrogen-bond donors (Lipinski definition) is 1. The number of esters is 1. The zero-order valence-electron chi connectivity index (χ0n) is 9.14. The van der Waals surface area contributed by atoms with Crippen LogP contribution in [0.2, 0.25) is 0 Å². The highest BCUT2D eigenvalue weighted by atomic mass is 35.5. The van der Waals surface area contributed by atoms with E-state index in [-0.39, 0.29) is 24.9 Å². The molecule has 1 heterocycles. The van der Waals surface area contributed by atoms with Gasteiger partial charge < -0.3 is 10.1 Å². The van der Waals surface area contributed by atoms with Crippen molar-refractivity contribution in [3.05, 3.63) is 24.3 Å². The average molecular weight is 274 g/mol. The number of fused-ring (bicyclic) bond motifs is 1. The zero-order chi connectivity index (χ0) is 11.5. The van der Waals surface area contributed by atoms with Crippen LogP contribution < -0.4 is 5.32 Å². The molecule has 1 N–H and O–H groups in total. The molecule has 4 nitrogen and oxygen atoms in total. The molecule has 1 aliphatic heterocycles. The van der Waals surface area contributed by atoms with Crippen molar-refractivity contribution in [1.29, 1.82) is 0 Å². The summed E-state index contributed by atoms with van der Waals surface area (Å²) in [6.45, 7) is 2.00. The topological polar surface area (TPSA) is 55.4 Å². The first-order chi connectivity index (χ1) is 7.72. The second-order valence-corrected chi connectivity index (χ2v) is 4.38. The van der Waals surface area contributed by atoms with E-state index in [1.807, 2.05) is 24.3 Å². The van der Waals surface area contributed by atoms with E-state index in [4.69, 9.17) is 4.74 Å². The van der Waals surface area contributed by atoms with Gasteiger partial charge in [0.05, 0.1) is 12.3 Å². The summed E-state index contributed by atoms with van der Waals surface area (Å²) in [6, 6.07) is 7.38. The second kappa shape index (κ2) is 5.93. The molecule has 1 aromatic carbocycles. The van der Waals surface area contributed by atoms with Gasteiger partial charge in [0, 0.05) is 4.90 Å². The molecule has 6 heteroatoms. The van der Waals surface area contributed by atoms with Gasteiger partial charge in [0.1, 0.15) is 0 Å². The molecule has 17 heavy (non-hydrogen) atoms. The summed E-state index contributed by atoms with van der Waals surface area (Å²) in [5.41, 5.74) is 0.748. The number of hydrogen-bond acceptors (Lipinski definition) is 4. The number of para-hydroxylation sites is 1. The monoisotopic (exact) mass is 273 g/mol. The van der Waals surface area contributed by atoms with Crippen LogP contribution in [-0.2, 0) is 14.3 Å². The Kier molecular flexibility index (Phi) is 4.84. The van der Waals surface area contributed by atoms with Crippen LogP contribution in [0.4, 0.5) is 5.69 Å². The van der Waals surface area contributed by atoms with E-state index >= 15 is 0 Å². The van der Waals surface area contributed by atoms with Crippen LogP contribution in [0.1, 0.15) is 6.92 Å². The molecule has 0 saturated carbocycles. The summed E-state index contributed by atoms with van der Waals surface area (Å²) in [7, 11) is 0. The number of anilines is 1. The van der Waals surface area contributed by atoms with Crippen LogP contribution in [0.3, 0.4) is 0 Å². The third-order valence-electron chi connectivity index (χ3n) is 2.13. The van der Waals surface area contributed by atoms with Crippen molar-refractivity contribution in [3.63, 3.8) is 0 Å². The lowest BCUT2D eigenvalue weighted by molar-refractivity contribution is -0.144. The number of nitrogens with one attached hydrogen (secondary N) is 1. The van der Waals surface area contributed by atoms with Crippen molar-refractivity contribution in [2.75, 3.05) is 11.9 Å². The van der Waals surface area contributed by atoms with Gasteiger partial charge in [0.2, 0.25) is 5.91 Å². The summed E-state index contributed by atoms with van der Waals surface area (Å²) in [4.78, 5) is 24.0. The summed E-state index contributed by atoms with van der Waals surface area (Å²) >= 11 is 1.23. The molecule has 1 aromatic rings. The molecule has 1 atom stereocenters. The Labute approximate surface area is 110 Å². The number of carbonyl (C=O) groups is 2. The lowest BCUT2D eigenvalue weighted by Crippen LogP contribution is -2.36. The average Bonchev–Trinajstić information content (AvgIpc) is 2.28. The SMILES string of the molecule is CCOC(=O)C1Sc2ccccc2NC1=O.Cl. The minimum atomic E-state index is -0.796. The van der Waals surface area contributed by atoms with Crippen molar-refractivity contribution in [2.45, 2.75) is 17.1 Å². The fourth-order valence-electron chi connectivity index (χ4n) is 1.42. The quantitative estimate of drug-likeness (QED) is 0.662. The number of amides is 1. The van der Waals surface area contributed by atoms with E-state index in [0.29, 0.717) is 0 Å². The fourth-order valence-corrected chi connectivity index (χ4v) is 2.41. The first-order valence-electron chi connectivity index (χ1n) is 4.95. The van der Waals surface area contributed by atoms with E-state index < -0.39 is 11.2 Å². The Hall–Kier alpha value is -1.20. The molecule has 0 aromatic heterocycles. The van der Waals surface area contributed by atoms with Crippen LogP contribution in [0, 0.1) is 0 Å². The van der Waals surface area contributed by atoms with E-state index in [1.165, 1.54) is 11.8 Å². The van der Waals surface area contributed by atoms with Gasteiger partial charge in [-0.25, -0.2) is 0 Å². The van der Waals surface area contributed by atoms with Crippen LogP contribution in [0.15, 0.2) is 29.2 Å². The standard InChI is InChI=1S/C11H11NO3S.ClH/c1-2-15-11(14)9-10(13)12-7-5-3-4-6-8(7)16-9;/h3-6,9H,2H2,1H3,(H,12,13);1H. The largest absolute Gasteiger partial charge is 0.465 e. The van der Waals surface area contributed by atoms with Crippen LogP contribution >= 0.6 is 24.2 Å². The molecule has 0 spiro atoms. The molecule has 92 valence electrons. The molecule has 0 fully saturated rings. The predicted molar refractivity (Wildman–Crippen MR) is 68.6 cm³/mol. The molecule has 1 amide bonds. The lowest BCUT2D eigenvalue weighted by Gasteiger charge is -2.22. The molecule has 0 radical (unpaired) electrons. The highest BCUT2D eigenvalue weighted by molar-refractivity contribution is 8.01. The van der Waals surface area contributed by atoms with Crippen LogP contribution in [0.25, 0.3) is 0 Å². The van der Waals surface area contributed by atoms with E-state index in [0.717, 1.165) is 10.6 Å². The smallest absolute Gasteiger partial charge is 0.329 e. The van der Waals surface area contributed by atoms with Crippen molar-refractivity contribution < 1.29 is 14.3 Å². The third kappa shape index (κ3) is 2.92. The van der Waals surface area contributed by atoms with Crippen LogP contribution in [0.5, 0.6) is 0 Å². The van der Waals surface area contributed by atoms with Gasteiger partial charge >= 0.3 is 5.97 Å². The van der Waals surface area contributed by atoms with Gasteiger partial charge in [-0.05, 0) is 19.1 Å². The van der Waals surface area contributed by atoms with Gasteiger partial charge in [-0.2, -0.15) is 0 Å². The van der Waals surface area contributed by atoms with Gasteiger partial charge in [0.25, 0.3) is 0 Å². The minimum Gasteiger partial charge on any atom is -0.465 e. The number of carbonyl (C=O) groups excluding carboxylic acids is 2. The Morgan fingerprint density at radius 2 is 2.18 bits per heavy atom. The number of ether oxygens (including phenoxy) is 1. The van der Waals surface area contributed by atoms with Crippen molar-refractivity contribution in [2.24, 2.45) is 0 Å². The predicted octanol–water partition coefficient (Wildman–Crippen LogP) is 2.08. The molecule has 0 bridgehead atoms. The van der Waals surface area contributed by atoms with Crippen molar-refractivity contribution in [3.8, 4) is 0 Å². The third-order valence-corrected chi connectivity index (χ3v) is 3.38. The summed E-state index contributed by atoms with van der Waals surface area (Å²) in [6.07, 6.45) is 0. The van der Waals surface area contributed by atoms with Gasteiger partial charge in [-0.15, -0.1) is 12.4 Å². The minimum absolute atomic E-state index is 0. The van der Waals surface area contributed by atoms with E-state index in [2.05, 4.69) is 5.32 Å². The first-order valence-corrected chi connectivity index (χ1v) is 5.83. The number of thioether (sulfide) groups is 1. The maximum absolute atomic E-state index is 11.6. The Balaban J connectivity index is 0.00000144. The van der Waals surface area contributed by atoms with E-state index in [1.54, 1.807) is 6.92 Å². The zero-order valence-corrected chi connectivity index (χ0v) is 10.8. The molecular formula is C11H12ClNO3S. The van der Waals surface area contributed by atoms with Crippen molar-refractivity contribution >= 4 is 41.7 Å². The molecule has 1 unspecified atom stereocenters. The first kappa shape index (κ1) is 13.9. The summed E-state index contributed by atoms with van der Waals surface area (Å²) < 4.78 is 4.85. The van der Waals surface area contributed by atoms with Gasteiger partial charge in [-0.1, -0.05) is 23.9 Å². The van der Waals surface area contributed by atoms with Gasteiger partial charge in [-0.3, -0.25) is 9.59 Å².